The molecule has 0 bridgehead atoms. The van der Waals surface area contributed by atoms with Crippen molar-refractivity contribution in [3.05, 3.63) is 35.2 Å². The van der Waals surface area contributed by atoms with Crippen LogP contribution >= 0.6 is 11.6 Å². The average Bonchev–Trinajstić information content (AvgIpc) is 2.81. The number of nitrogens with one attached hydrogen (secondary N) is 3. The molecule has 0 spiro atoms. The normalized spacial score (nSPS) is 22.1. The zero-order valence-electron chi connectivity index (χ0n) is 17.5. The highest BCUT2D eigenvalue weighted by atomic mass is 35.5. The van der Waals surface area contributed by atoms with Crippen molar-refractivity contribution in [2.45, 2.75) is 44.6 Å². The van der Waals surface area contributed by atoms with Gasteiger partial charge in [-0.2, -0.15) is 0 Å². The van der Waals surface area contributed by atoms with Gasteiger partial charge in [0.05, 0.1) is 10.7 Å². The molecule has 4 rings (SSSR count). The van der Waals surface area contributed by atoms with Gasteiger partial charge in [-0.3, -0.25) is 0 Å². The van der Waals surface area contributed by atoms with Crippen molar-refractivity contribution in [1.29, 1.82) is 5.41 Å². The van der Waals surface area contributed by atoms with E-state index in [1.165, 1.54) is 6.07 Å². The Balaban J connectivity index is 1.46. The van der Waals surface area contributed by atoms with Crippen molar-refractivity contribution in [2.24, 2.45) is 11.8 Å². The Kier molecular flexibility index (Phi) is 7.35. The molecule has 2 aromatic rings. The van der Waals surface area contributed by atoms with Gasteiger partial charge in [-0.1, -0.05) is 11.6 Å². The molecule has 3 heterocycles. The maximum Gasteiger partial charge on any atom is 0.165 e. The fourth-order valence-corrected chi connectivity index (χ4v) is 4.46. The Morgan fingerprint density at radius 1 is 1.16 bits per heavy atom. The van der Waals surface area contributed by atoms with Crippen molar-refractivity contribution in [1.82, 2.24) is 9.97 Å². The van der Waals surface area contributed by atoms with E-state index in [0.717, 1.165) is 63.1 Å². The van der Waals surface area contributed by atoms with Gasteiger partial charge in [0.2, 0.25) is 0 Å². The first-order chi connectivity index (χ1) is 15.1. The first-order valence-electron chi connectivity index (χ1n) is 11.0. The zero-order valence-corrected chi connectivity index (χ0v) is 18.3. The number of hydrogen-bond donors (Lipinski definition) is 3. The van der Waals surface area contributed by atoms with Crippen molar-refractivity contribution in [2.75, 3.05) is 30.4 Å². The third-order valence-corrected chi connectivity index (χ3v) is 6.54. The van der Waals surface area contributed by atoms with Crippen LogP contribution in [0.15, 0.2) is 24.4 Å². The maximum absolute atomic E-state index is 14.4. The lowest BCUT2D eigenvalue weighted by Gasteiger charge is -2.27. The summed E-state index contributed by atoms with van der Waals surface area (Å²) in [7, 11) is 0. The molecule has 0 atom stereocenters. The van der Waals surface area contributed by atoms with Gasteiger partial charge in [0.25, 0.3) is 0 Å². The Morgan fingerprint density at radius 3 is 2.68 bits per heavy atom. The Morgan fingerprint density at radius 2 is 1.94 bits per heavy atom. The minimum absolute atomic E-state index is 0.247. The second-order valence-corrected chi connectivity index (χ2v) is 8.84. The van der Waals surface area contributed by atoms with Crippen LogP contribution in [-0.4, -0.2) is 42.0 Å². The number of aromatic nitrogens is 2. The molecule has 2 fully saturated rings. The molecule has 166 valence electrons. The third-order valence-electron chi connectivity index (χ3n) is 6.24. The molecule has 2 aliphatic rings. The van der Waals surface area contributed by atoms with E-state index in [0.29, 0.717) is 35.1 Å². The van der Waals surface area contributed by atoms with E-state index in [9.17, 15) is 4.39 Å². The maximum atomic E-state index is 14.4. The zero-order chi connectivity index (χ0) is 21.6. The predicted molar refractivity (Wildman–Crippen MR) is 123 cm³/mol. The molecule has 0 radical (unpaired) electrons. The van der Waals surface area contributed by atoms with Crippen molar-refractivity contribution in [3.63, 3.8) is 0 Å². The average molecular weight is 446 g/mol. The summed E-state index contributed by atoms with van der Waals surface area (Å²) in [6, 6.07) is 5.29. The number of pyridine rings is 2. The first kappa shape index (κ1) is 22.0. The molecule has 0 amide bonds. The van der Waals surface area contributed by atoms with Gasteiger partial charge in [-0.15, -0.1) is 0 Å². The van der Waals surface area contributed by atoms with Gasteiger partial charge in [0.15, 0.2) is 11.6 Å². The lowest BCUT2D eigenvalue weighted by atomic mass is 9.87. The highest BCUT2D eigenvalue weighted by Gasteiger charge is 2.21. The summed E-state index contributed by atoms with van der Waals surface area (Å²) < 4.78 is 19.8. The summed E-state index contributed by atoms with van der Waals surface area (Å²) in [6.45, 7) is 2.19. The van der Waals surface area contributed by atoms with Gasteiger partial charge in [0, 0.05) is 37.6 Å². The Labute approximate surface area is 187 Å². The molecule has 0 aromatic carbocycles. The molecule has 31 heavy (non-hydrogen) atoms. The van der Waals surface area contributed by atoms with Crippen LogP contribution in [0.3, 0.4) is 0 Å². The van der Waals surface area contributed by atoms with Crippen LogP contribution in [0.2, 0.25) is 5.02 Å². The number of hydrogen-bond acceptors (Lipinski definition) is 6. The van der Waals surface area contributed by atoms with E-state index < -0.39 is 0 Å². The second-order valence-electron chi connectivity index (χ2n) is 8.44. The van der Waals surface area contributed by atoms with Gasteiger partial charge in [0.1, 0.15) is 5.82 Å². The molecule has 1 saturated carbocycles. The van der Waals surface area contributed by atoms with Crippen LogP contribution < -0.4 is 10.6 Å². The molecule has 1 aliphatic carbocycles. The number of anilines is 2. The predicted octanol–water partition coefficient (Wildman–Crippen LogP) is 5.39. The highest BCUT2D eigenvalue weighted by molar-refractivity contribution is 6.33. The number of ether oxygens (including phenoxy) is 1. The number of nitrogens with zero attached hydrogens (tertiary/aromatic N) is 2. The van der Waals surface area contributed by atoms with E-state index in [2.05, 4.69) is 20.6 Å². The fourth-order valence-electron chi connectivity index (χ4n) is 4.26. The van der Waals surface area contributed by atoms with Crippen molar-refractivity contribution >= 4 is 29.5 Å². The Hall–Kier alpha value is -2.25. The standard InChI is InChI=1S/C23H29ClFN5O/c24-19-14-27-22(29-17-3-1-15(12-26)2-4-17)11-18(19)21-6-5-20(25)23(30-21)28-13-16-7-9-31-10-8-16/h5-6,11-12,14-17,26H,1-4,7-10,13H2,(H,27,29)(H,28,30). The quantitative estimate of drug-likeness (QED) is 0.497. The van der Waals surface area contributed by atoms with Gasteiger partial charge in [-0.25, -0.2) is 14.4 Å². The van der Waals surface area contributed by atoms with E-state index in [1.54, 1.807) is 18.5 Å². The largest absolute Gasteiger partial charge is 0.381 e. The number of halogens is 2. The monoisotopic (exact) mass is 445 g/mol. The summed E-state index contributed by atoms with van der Waals surface area (Å²) in [5.41, 5.74) is 1.33. The van der Waals surface area contributed by atoms with Crippen LogP contribution in [0.1, 0.15) is 38.5 Å². The topological polar surface area (TPSA) is 82.9 Å². The number of rotatable bonds is 7. The van der Waals surface area contributed by atoms with Crippen molar-refractivity contribution < 1.29 is 9.13 Å². The fraction of sp³-hybridized carbons (Fsp3) is 0.522. The molecule has 3 N–H and O–H groups in total. The van der Waals surface area contributed by atoms with E-state index in [-0.39, 0.29) is 11.6 Å². The molecular formula is C23H29ClFN5O. The van der Waals surface area contributed by atoms with Crippen LogP contribution in [0.5, 0.6) is 0 Å². The summed E-state index contributed by atoms with van der Waals surface area (Å²) in [5.74, 6) is 1.46. The van der Waals surface area contributed by atoms with Crippen LogP contribution in [0, 0.1) is 23.1 Å². The smallest absolute Gasteiger partial charge is 0.165 e. The molecular weight excluding hydrogens is 417 g/mol. The van der Waals surface area contributed by atoms with Gasteiger partial charge >= 0.3 is 0 Å². The van der Waals surface area contributed by atoms with Crippen LogP contribution in [-0.2, 0) is 4.74 Å². The molecule has 0 unspecified atom stereocenters. The molecule has 2 aromatic heterocycles. The van der Waals surface area contributed by atoms with E-state index in [1.807, 2.05) is 6.07 Å². The minimum atomic E-state index is -0.373. The SMILES string of the molecule is N=CC1CCC(Nc2cc(-c3ccc(F)c(NCC4CCOCC4)n3)c(Cl)cn2)CC1. The summed E-state index contributed by atoms with van der Waals surface area (Å²) in [6.07, 6.45) is 9.17. The molecule has 1 aliphatic heterocycles. The first-order valence-corrected chi connectivity index (χ1v) is 11.4. The summed E-state index contributed by atoms with van der Waals surface area (Å²) in [5, 5.41) is 14.6. The van der Waals surface area contributed by atoms with Gasteiger partial charge in [-0.05, 0) is 74.8 Å². The van der Waals surface area contributed by atoms with Crippen molar-refractivity contribution in [3.8, 4) is 11.3 Å². The van der Waals surface area contributed by atoms with Crippen LogP contribution in [0.4, 0.5) is 16.0 Å². The van der Waals surface area contributed by atoms with E-state index in [4.69, 9.17) is 21.7 Å². The third kappa shape index (κ3) is 5.71. The molecule has 6 nitrogen and oxygen atoms in total. The molecule has 8 heteroatoms. The highest BCUT2D eigenvalue weighted by Crippen LogP contribution is 2.31. The second kappa shape index (κ2) is 10.4. The lowest BCUT2D eigenvalue weighted by Crippen LogP contribution is -2.26. The Bertz CT molecular complexity index is 898. The molecule has 1 saturated heterocycles. The lowest BCUT2D eigenvalue weighted by molar-refractivity contribution is 0.0699. The van der Waals surface area contributed by atoms with E-state index >= 15 is 0 Å². The minimum Gasteiger partial charge on any atom is -0.381 e. The van der Waals surface area contributed by atoms with Crippen LogP contribution in [0.25, 0.3) is 11.3 Å². The van der Waals surface area contributed by atoms with Gasteiger partial charge < -0.3 is 20.8 Å². The summed E-state index contributed by atoms with van der Waals surface area (Å²) >= 11 is 6.42. The summed E-state index contributed by atoms with van der Waals surface area (Å²) in [4.78, 5) is 8.93.